The molecule has 5 heteroatoms. The molecule has 1 aromatic carbocycles. The number of methoxy groups -OCH3 is 1. The van der Waals surface area contributed by atoms with Crippen molar-refractivity contribution in [2.75, 3.05) is 20.2 Å². The van der Waals surface area contributed by atoms with Crippen LogP contribution in [0, 0.1) is 5.92 Å². The van der Waals surface area contributed by atoms with E-state index in [2.05, 4.69) is 10.6 Å². The van der Waals surface area contributed by atoms with Gasteiger partial charge < -0.3 is 15.4 Å². The smallest absolute Gasteiger partial charge is 0.234 e. The summed E-state index contributed by atoms with van der Waals surface area (Å²) in [6.45, 7) is 1.91. The molecule has 0 saturated heterocycles. The number of benzene rings is 1. The van der Waals surface area contributed by atoms with Crippen LogP contribution in [0.3, 0.4) is 0 Å². The van der Waals surface area contributed by atoms with Crippen molar-refractivity contribution in [3.63, 3.8) is 0 Å². The Labute approximate surface area is 120 Å². The van der Waals surface area contributed by atoms with E-state index in [-0.39, 0.29) is 18.3 Å². The second kappa shape index (κ2) is 8.02. The van der Waals surface area contributed by atoms with E-state index >= 15 is 0 Å². The molecule has 0 unspecified atom stereocenters. The summed E-state index contributed by atoms with van der Waals surface area (Å²) >= 11 is 0. The number of rotatable bonds is 7. The molecule has 1 fully saturated rings. The van der Waals surface area contributed by atoms with Gasteiger partial charge in [0.25, 0.3) is 0 Å². The first-order valence-corrected chi connectivity index (χ1v) is 6.38. The van der Waals surface area contributed by atoms with Gasteiger partial charge in [-0.15, -0.1) is 12.4 Å². The van der Waals surface area contributed by atoms with Crippen molar-refractivity contribution in [1.29, 1.82) is 0 Å². The van der Waals surface area contributed by atoms with E-state index in [1.54, 1.807) is 7.11 Å². The lowest BCUT2D eigenvalue weighted by atomic mass is 10.2. The number of nitrogens with one attached hydrogen (secondary N) is 2. The van der Waals surface area contributed by atoms with Gasteiger partial charge in [0.05, 0.1) is 13.7 Å². The lowest BCUT2D eigenvalue weighted by molar-refractivity contribution is -0.120. The zero-order valence-electron chi connectivity index (χ0n) is 11.1. The Morgan fingerprint density at radius 2 is 2.21 bits per heavy atom. The third kappa shape index (κ3) is 5.94. The molecule has 0 bridgehead atoms. The Morgan fingerprint density at radius 1 is 1.42 bits per heavy atom. The molecule has 1 saturated carbocycles. The maximum atomic E-state index is 11.6. The van der Waals surface area contributed by atoms with E-state index in [1.807, 2.05) is 24.3 Å². The predicted molar refractivity (Wildman–Crippen MR) is 77.7 cm³/mol. The van der Waals surface area contributed by atoms with Crippen molar-refractivity contribution in [1.82, 2.24) is 10.6 Å². The SMILES string of the molecule is COc1cccc(CNC(=O)CNCC2CC2)c1.Cl. The van der Waals surface area contributed by atoms with Gasteiger partial charge in [0.15, 0.2) is 0 Å². The molecule has 19 heavy (non-hydrogen) atoms. The van der Waals surface area contributed by atoms with Crippen LogP contribution in [0.1, 0.15) is 18.4 Å². The summed E-state index contributed by atoms with van der Waals surface area (Å²) in [4.78, 5) is 11.6. The van der Waals surface area contributed by atoms with Crippen molar-refractivity contribution in [2.45, 2.75) is 19.4 Å². The van der Waals surface area contributed by atoms with Crippen LogP contribution in [-0.2, 0) is 11.3 Å². The molecule has 0 radical (unpaired) electrons. The number of hydrogen-bond donors (Lipinski definition) is 2. The fourth-order valence-corrected chi connectivity index (χ4v) is 1.76. The summed E-state index contributed by atoms with van der Waals surface area (Å²) in [6, 6.07) is 7.71. The number of carbonyl (C=O) groups excluding carboxylic acids is 1. The Morgan fingerprint density at radius 3 is 2.89 bits per heavy atom. The van der Waals surface area contributed by atoms with E-state index in [0.29, 0.717) is 13.1 Å². The van der Waals surface area contributed by atoms with Gasteiger partial charge in [0.2, 0.25) is 5.91 Å². The van der Waals surface area contributed by atoms with E-state index in [4.69, 9.17) is 4.74 Å². The molecule has 2 N–H and O–H groups in total. The van der Waals surface area contributed by atoms with Crippen LogP contribution >= 0.6 is 12.4 Å². The van der Waals surface area contributed by atoms with Gasteiger partial charge in [-0.25, -0.2) is 0 Å². The normalized spacial score (nSPS) is 13.5. The standard InChI is InChI=1S/C14H20N2O2.ClH/c1-18-13-4-2-3-12(7-13)9-16-14(17)10-15-8-11-5-6-11;/h2-4,7,11,15H,5-6,8-10H2,1H3,(H,16,17);1H. The van der Waals surface area contributed by atoms with Crippen LogP contribution in [-0.4, -0.2) is 26.1 Å². The third-order valence-corrected chi connectivity index (χ3v) is 3.04. The van der Waals surface area contributed by atoms with Gasteiger partial charge in [-0.2, -0.15) is 0 Å². The maximum Gasteiger partial charge on any atom is 0.234 e. The summed E-state index contributed by atoms with van der Waals surface area (Å²) in [5, 5.41) is 6.06. The van der Waals surface area contributed by atoms with Crippen molar-refractivity contribution >= 4 is 18.3 Å². The lowest BCUT2D eigenvalue weighted by Gasteiger charge is -2.07. The number of carbonyl (C=O) groups is 1. The van der Waals surface area contributed by atoms with E-state index in [1.165, 1.54) is 12.8 Å². The molecule has 1 amide bonds. The Hall–Kier alpha value is -1.26. The van der Waals surface area contributed by atoms with Crippen molar-refractivity contribution in [3.05, 3.63) is 29.8 Å². The molecule has 1 aromatic rings. The third-order valence-electron chi connectivity index (χ3n) is 3.04. The van der Waals surface area contributed by atoms with E-state index < -0.39 is 0 Å². The maximum absolute atomic E-state index is 11.6. The number of halogens is 1. The first-order valence-electron chi connectivity index (χ1n) is 6.38. The average Bonchev–Trinajstić information content (AvgIpc) is 3.21. The molecule has 0 aliphatic heterocycles. The fraction of sp³-hybridized carbons (Fsp3) is 0.500. The van der Waals surface area contributed by atoms with Crippen molar-refractivity contribution in [3.8, 4) is 5.75 Å². The average molecular weight is 285 g/mol. The molecule has 4 nitrogen and oxygen atoms in total. The summed E-state index contributed by atoms with van der Waals surface area (Å²) in [7, 11) is 1.64. The minimum Gasteiger partial charge on any atom is -0.497 e. The molecule has 106 valence electrons. The highest BCUT2D eigenvalue weighted by atomic mass is 35.5. The molecule has 0 heterocycles. The summed E-state index contributed by atoms with van der Waals surface area (Å²) in [5.41, 5.74) is 1.05. The van der Waals surface area contributed by atoms with Gasteiger partial charge >= 0.3 is 0 Å². The molecular formula is C14H21ClN2O2. The molecule has 2 rings (SSSR count). The van der Waals surface area contributed by atoms with Crippen LogP contribution in [0.25, 0.3) is 0 Å². The van der Waals surface area contributed by atoms with Crippen LogP contribution in [0.5, 0.6) is 5.75 Å². The van der Waals surface area contributed by atoms with Crippen LogP contribution in [0.4, 0.5) is 0 Å². The summed E-state index contributed by atoms with van der Waals surface area (Å²) in [5.74, 6) is 1.66. The van der Waals surface area contributed by atoms with Gasteiger partial charge in [0, 0.05) is 6.54 Å². The van der Waals surface area contributed by atoms with Crippen molar-refractivity contribution < 1.29 is 9.53 Å². The Bertz CT molecular complexity index is 408. The zero-order chi connectivity index (χ0) is 12.8. The quantitative estimate of drug-likeness (QED) is 0.802. The van der Waals surface area contributed by atoms with Crippen LogP contribution in [0.2, 0.25) is 0 Å². The Kier molecular flexibility index (Phi) is 6.67. The van der Waals surface area contributed by atoms with Crippen molar-refractivity contribution in [2.24, 2.45) is 5.92 Å². The number of hydrogen-bond acceptors (Lipinski definition) is 3. The lowest BCUT2D eigenvalue weighted by Crippen LogP contribution is -2.34. The van der Waals surface area contributed by atoms with Gasteiger partial charge in [-0.05, 0) is 43.0 Å². The molecule has 0 atom stereocenters. The first-order chi connectivity index (χ1) is 8.78. The molecule has 0 spiro atoms. The monoisotopic (exact) mass is 284 g/mol. The van der Waals surface area contributed by atoms with E-state index in [9.17, 15) is 4.79 Å². The minimum absolute atomic E-state index is 0. The number of ether oxygens (including phenoxy) is 1. The zero-order valence-corrected chi connectivity index (χ0v) is 12.0. The highest BCUT2D eigenvalue weighted by Gasteiger charge is 2.20. The van der Waals surface area contributed by atoms with Gasteiger partial charge in [0.1, 0.15) is 5.75 Å². The second-order valence-electron chi connectivity index (χ2n) is 4.70. The number of amides is 1. The molecule has 0 aromatic heterocycles. The fourth-order valence-electron chi connectivity index (χ4n) is 1.76. The van der Waals surface area contributed by atoms with Gasteiger partial charge in [-0.3, -0.25) is 4.79 Å². The first kappa shape index (κ1) is 15.8. The molecule has 1 aliphatic rings. The topological polar surface area (TPSA) is 50.4 Å². The highest BCUT2D eigenvalue weighted by Crippen LogP contribution is 2.27. The summed E-state index contributed by atoms with van der Waals surface area (Å²) in [6.07, 6.45) is 2.61. The predicted octanol–water partition coefficient (Wildman–Crippen LogP) is 1.73. The van der Waals surface area contributed by atoms with Crippen LogP contribution < -0.4 is 15.4 Å². The van der Waals surface area contributed by atoms with Gasteiger partial charge in [-0.1, -0.05) is 12.1 Å². The minimum atomic E-state index is 0. The van der Waals surface area contributed by atoms with Crippen LogP contribution in [0.15, 0.2) is 24.3 Å². The highest BCUT2D eigenvalue weighted by molar-refractivity contribution is 5.85. The summed E-state index contributed by atoms with van der Waals surface area (Å²) < 4.78 is 5.13. The largest absolute Gasteiger partial charge is 0.497 e. The Balaban J connectivity index is 0.00000180. The van der Waals surface area contributed by atoms with E-state index in [0.717, 1.165) is 23.8 Å². The second-order valence-corrected chi connectivity index (χ2v) is 4.70. The molecular weight excluding hydrogens is 264 g/mol. The molecule has 1 aliphatic carbocycles.